The van der Waals surface area contributed by atoms with E-state index in [1.807, 2.05) is 14.1 Å². The van der Waals surface area contributed by atoms with Crippen LogP contribution >= 0.6 is 21.6 Å². The van der Waals surface area contributed by atoms with Gasteiger partial charge in [-0.05, 0) is 79.6 Å². The smallest absolute Gasteiger partial charge is 0.221 e. The summed E-state index contributed by atoms with van der Waals surface area (Å²) >= 11 is 0. The lowest BCUT2D eigenvalue weighted by molar-refractivity contribution is -0.126. The molecule has 0 rings (SSSR count). The molecule has 186 valence electrons. The van der Waals surface area contributed by atoms with Crippen molar-refractivity contribution in [1.29, 1.82) is 0 Å². The summed E-state index contributed by atoms with van der Waals surface area (Å²) in [5.41, 5.74) is 0. The Labute approximate surface area is 201 Å². The minimum Gasteiger partial charge on any atom is -0.346 e. The first-order chi connectivity index (χ1) is 15.3. The molecule has 4 N–H and O–H groups in total. The molecule has 0 aliphatic rings. The predicted octanol–water partition coefficient (Wildman–Crippen LogP) is 2.08. The maximum absolute atomic E-state index is 12.1. The van der Waals surface area contributed by atoms with Crippen molar-refractivity contribution < 1.29 is 19.2 Å². The van der Waals surface area contributed by atoms with Gasteiger partial charge in [0.15, 0.2) is 11.6 Å². The highest BCUT2D eigenvalue weighted by atomic mass is 33.1. The quantitative estimate of drug-likeness (QED) is 0.143. The number of ketones is 2. The molecule has 0 saturated heterocycles. The largest absolute Gasteiger partial charge is 0.346 e. The summed E-state index contributed by atoms with van der Waals surface area (Å²) in [5, 5.41) is 11.8. The Morgan fingerprint density at radius 1 is 0.656 bits per heavy atom. The number of hydrogen-bond donors (Lipinski definition) is 4. The van der Waals surface area contributed by atoms with Crippen LogP contribution in [0.3, 0.4) is 0 Å². The van der Waals surface area contributed by atoms with Gasteiger partial charge in [-0.15, -0.1) is 0 Å². The van der Waals surface area contributed by atoms with Crippen molar-refractivity contribution in [2.24, 2.45) is 0 Å². The van der Waals surface area contributed by atoms with Crippen LogP contribution in [-0.2, 0) is 19.2 Å². The zero-order chi connectivity index (χ0) is 24.2. The number of Topliss-reactive ketones (excluding diaryl/α,β-unsaturated/α-hetero) is 2. The lowest BCUT2D eigenvalue weighted by atomic mass is 10.1. The maximum Gasteiger partial charge on any atom is 0.221 e. The van der Waals surface area contributed by atoms with E-state index in [-0.39, 0.29) is 23.4 Å². The summed E-state index contributed by atoms with van der Waals surface area (Å²) in [5.74, 6) is 0.969. The molecule has 32 heavy (non-hydrogen) atoms. The monoisotopic (exact) mass is 490 g/mol. The van der Waals surface area contributed by atoms with E-state index >= 15 is 0 Å². The van der Waals surface area contributed by atoms with Gasteiger partial charge in [0, 0.05) is 24.3 Å². The van der Waals surface area contributed by atoms with Crippen molar-refractivity contribution in [2.45, 2.75) is 77.3 Å². The molecule has 2 atom stereocenters. The van der Waals surface area contributed by atoms with Crippen LogP contribution in [0, 0.1) is 0 Å². The van der Waals surface area contributed by atoms with E-state index in [0.29, 0.717) is 37.2 Å². The van der Waals surface area contributed by atoms with Crippen molar-refractivity contribution >= 4 is 45.0 Å². The third kappa shape index (κ3) is 17.5. The van der Waals surface area contributed by atoms with E-state index in [9.17, 15) is 19.2 Å². The molecule has 8 nitrogen and oxygen atoms in total. The molecule has 0 aliphatic carbocycles. The van der Waals surface area contributed by atoms with Crippen LogP contribution < -0.4 is 21.3 Å². The summed E-state index contributed by atoms with van der Waals surface area (Å²) in [6.45, 7) is 4.82. The summed E-state index contributed by atoms with van der Waals surface area (Å²) in [6.07, 6.45) is 5.72. The van der Waals surface area contributed by atoms with Crippen LogP contribution in [0.25, 0.3) is 0 Å². The lowest BCUT2D eigenvalue weighted by Gasteiger charge is -2.16. The Balaban J connectivity index is 3.97. The zero-order valence-electron chi connectivity index (χ0n) is 20.1. The van der Waals surface area contributed by atoms with Gasteiger partial charge in [0.05, 0.1) is 12.1 Å². The maximum atomic E-state index is 12.1. The molecule has 0 aromatic heterocycles. The Bertz CT molecular complexity index is 516. The topological polar surface area (TPSA) is 116 Å². The first kappa shape index (κ1) is 30.9. The van der Waals surface area contributed by atoms with Gasteiger partial charge in [0.2, 0.25) is 11.8 Å². The normalized spacial score (nSPS) is 12.8. The summed E-state index contributed by atoms with van der Waals surface area (Å²) < 4.78 is 0. The first-order valence-electron chi connectivity index (χ1n) is 11.4. The second kappa shape index (κ2) is 20.5. The Morgan fingerprint density at radius 3 is 1.34 bits per heavy atom. The van der Waals surface area contributed by atoms with E-state index in [2.05, 4.69) is 21.3 Å². The Hall–Kier alpha value is -1.10. The number of amides is 2. The molecule has 0 saturated carbocycles. The molecular formula is C22H42N4O4S2. The fraction of sp³-hybridized carbons (Fsp3) is 0.818. The third-order valence-electron chi connectivity index (χ3n) is 4.90. The van der Waals surface area contributed by atoms with Gasteiger partial charge in [-0.3, -0.25) is 19.2 Å². The van der Waals surface area contributed by atoms with Gasteiger partial charge in [0.25, 0.3) is 0 Å². The lowest BCUT2D eigenvalue weighted by Crippen LogP contribution is -2.40. The molecule has 0 aliphatic heterocycles. The second-order valence-electron chi connectivity index (χ2n) is 7.80. The fourth-order valence-electron chi connectivity index (χ4n) is 2.97. The van der Waals surface area contributed by atoms with E-state index < -0.39 is 12.1 Å². The summed E-state index contributed by atoms with van der Waals surface area (Å²) in [6, 6.07) is -0.818. The minimum atomic E-state index is -0.409. The van der Waals surface area contributed by atoms with Crippen LogP contribution in [-0.4, -0.2) is 74.2 Å². The van der Waals surface area contributed by atoms with E-state index in [1.54, 1.807) is 0 Å². The van der Waals surface area contributed by atoms with E-state index in [0.717, 1.165) is 38.8 Å². The van der Waals surface area contributed by atoms with Gasteiger partial charge in [0.1, 0.15) is 0 Å². The highest BCUT2D eigenvalue weighted by Crippen LogP contribution is 2.22. The SMILES string of the molecule is CNCCCCC(NC(=O)CCSSCCC(=O)NC(CCCCNC)C(C)=O)C(C)=O. The molecule has 0 heterocycles. The number of rotatable bonds is 21. The summed E-state index contributed by atoms with van der Waals surface area (Å²) in [7, 11) is 6.86. The van der Waals surface area contributed by atoms with Crippen LogP contribution in [0.15, 0.2) is 0 Å². The standard InChI is InChI=1S/C22H42N4O4S2/c1-17(27)19(9-5-7-13-23-3)25-21(29)11-15-31-32-16-12-22(30)26-20(18(2)28)10-6-8-14-24-4/h19-20,23-24H,5-16H2,1-4H3,(H,25,29)(H,26,30). The molecule has 0 fully saturated rings. The molecule has 2 unspecified atom stereocenters. The van der Waals surface area contributed by atoms with Crippen molar-refractivity contribution in [1.82, 2.24) is 21.3 Å². The van der Waals surface area contributed by atoms with Crippen molar-refractivity contribution in [3.63, 3.8) is 0 Å². The van der Waals surface area contributed by atoms with Crippen molar-refractivity contribution in [2.75, 3.05) is 38.7 Å². The number of unbranched alkanes of at least 4 members (excludes halogenated alkanes) is 2. The minimum absolute atomic E-state index is 0.0123. The van der Waals surface area contributed by atoms with Gasteiger partial charge in [-0.1, -0.05) is 21.6 Å². The van der Waals surface area contributed by atoms with Gasteiger partial charge >= 0.3 is 0 Å². The number of hydrogen-bond acceptors (Lipinski definition) is 8. The number of carbonyl (C=O) groups excluding carboxylic acids is 4. The first-order valence-corrected chi connectivity index (χ1v) is 13.9. The van der Waals surface area contributed by atoms with Crippen LogP contribution in [0.2, 0.25) is 0 Å². The number of nitrogens with one attached hydrogen (secondary N) is 4. The average molecular weight is 491 g/mol. The van der Waals surface area contributed by atoms with Crippen LogP contribution in [0.5, 0.6) is 0 Å². The predicted molar refractivity (Wildman–Crippen MR) is 135 cm³/mol. The molecule has 2 amide bonds. The Morgan fingerprint density at radius 2 is 1.03 bits per heavy atom. The van der Waals surface area contributed by atoms with Crippen molar-refractivity contribution in [3.8, 4) is 0 Å². The van der Waals surface area contributed by atoms with Crippen LogP contribution in [0.4, 0.5) is 0 Å². The van der Waals surface area contributed by atoms with Crippen molar-refractivity contribution in [3.05, 3.63) is 0 Å². The van der Waals surface area contributed by atoms with E-state index in [4.69, 9.17) is 0 Å². The molecular weight excluding hydrogens is 448 g/mol. The number of carbonyl (C=O) groups is 4. The highest BCUT2D eigenvalue weighted by Gasteiger charge is 2.17. The highest BCUT2D eigenvalue weighted by molar-refractivity contribution is 8.76. The summed E-state index contributed by atoms with van der Waals surface area (Å²) in [4.78, 5) is 47.7. The van der Waals surface area contributed by atoms with E-state index in [1.165, 1.54) is 35.4 Å². The van der Waals surface area contributed by atoms with Gasteiger partial charge < -0.3 is 21.3 Å². The molecule has 0 aromatic carbocycles. The molecule has 0 radical (unpaired) electrons. The fourth-order valence-corrected chi connectivity index (χ4v) is 4.95. The molecule has 10 heteroatoms. The van der Waals surface area contributed by atoms with Gasteiger partial charge in [-0.2, -0.15) is 0 Å². The van der Waals surface area contributed by atoms with Gasteiger partial charge in [-0.25, -0.2) is 0 Å². The molecule has 0 bridgehead atoms. The van der Waals surface area contributed by atoms with Crippen LogP contribution in [0.1, 0.15) is 65.2 Å². The zero-order valence-corrected chi connectivity index (χ0v) is 21.7. The Kier molecular flexibility index (Phi) is 19.8. The average Bonchev–Trinajstić information content (AvgIpc) is 2.74. The molecule has 0 aromatic rings. The third-order valence-corrected chi connectivity index (χ3v) is 7.31. The molecule has 0 spiro atoms. The second-order valence-corrected chi connectivity index (χ2v) is 10.5.